The van der Waals surface area contributed by atoms with Crippen molar-refractivity contribution in [2.24, 2.45) is 0 Å². The molecule has 0 unspecified atom stereocenters. The van der Waals surface area contributed by atoms with Gasteiger partial charge in [0.2, 0.25) is 5.91 Å². The van der Waals surface area contributed by atoms with Gasteiger partial charge in [-0.15, -0.1) is 0 Å². The number of hydrogen-bond acceptors (Lipinski definition) is 2. The Labute approximate surface area is 127 Å². The molecule has 1 amide bonds. The Morgan fingerprint density at radius 1 is 1.10 bits per heavy atom. The van der Waals surface area contributed by atoms with E-state index in [0.717, 1.165) is 12.8 Å². The number of carboxylic acids is 1. The number of carbonyl (C=O) groups is 2. The number of nitrogens with one attached hydrogen (secondary N) is 1. The van der Waals surface area contributed by atoms with Crippen LogP contribution in [-0.2, 0) is 9.59 Å². The predicted octanol–water partition coefficient (Wildman–Crippen LogP) is 3.58. The van der Waals surface area contributed by atoms with Crippen molar-refractivity contribution in [2.75, 3.05) is 6.54 Å². The molecular weight excluding hydrogens is 266 g/mol. The SMILES string of the molecule is O=C(O)CCCNC(=O)CCCCCCC1=CC=CCC1. The third-order valence-electron chi connectivity index (χ3n) is 3.64. The van der Waals surface area contributed by atoms with E-state index in [1.807, 2.05) is 0 Å². The van der Waals surface area contributed by atoms with Crippen molar-refractivity contribution in [3.05, 3.63) is 23.8 Å². The van der Waals surface area contributed by atoms with Crippen LogP contribution in [0.4, 0.5) is 0 Å². The minimum atomic E-state index is -0.812. The normalized spacial score (nSPS) is 13.8. The third kappa shape index (κ3) is 9.88. The van der Waals surface area contributed by atoms with Crippen molar-refractivity contribution in [3.8, 4) is 0 Å². The molecule has 4 heteroatoms. The summed E-state index contributed by atoms with van der Waals surface area (Å²) in [6.07, 6.45) is 15.7. The van der Waals surface area contributed by atoms with E-state index >= 15 is 0 Å². The van der Waals surface area contributed by atoms with Gasteiger partial charge in [-0.3, -0.25) is 9.59 Å². The second-order valence-electron chi connectivity index (χ2n) is 5.55. The molecule has 0 aromatic rings. The summed E-state index contributed by atoms with van der Waals surface area (Å²) in [6, 6.07) is 0. The first-order chi connectivity index (χ1) is 10.2. The highest BCUT2D eigenvalue weighted by molar-refractivity contribution is 5.75. The summed E-state index contributed by atoms with van der Waals surface area (Å²) >= 11 is 0. The lowest BCUT2D eigenvalue weighted by atomic mass is 9.98. The molecule has 2 N–H and O–H groups in total. The van der Waals surface area contributed by atoms with E-state index < -0.39 is 5.97 Å². The number of carboxylic acid groups (broad SMARTS) is 1. The number of unbranched alkanes of at least 4 members (excludes halogenated alkanes) is 3. The summed E-state index contributed by atoms with van der Waals surface area (Å²) < 4.78 is 0. The lowest BCUT2D eigenvalue weighted by Gasteiger charge is -2.08. The number of amides is 1. The number of hydrogen-bond donors (Lipinski definition) is 2. The molecule has 1 aliphatic carbocycles. The monoisotopic (exact) mass is 293 g/mol. The molecular formula is C17H27NO3. The quantitative estimate of drug-likeness (QED) is 0.572. The van der Waals surface area contributed by atoms with Crippen LogP contribution in [0.5, 0.6) is 0 Å². The van der Waals surface area contributed by atoms with Crippen LogP contribution in [0, 0.1) is 0 Å². The van der Waals surface area contributed by atoms with E-state index in [4.69, 9.17) is 5.11 Å². The summed E-state index contributed by atoms with van der Waals surface area (Å²) in [5.74, 6) is -0.770. The summed E-state index contributed by atoms with van der Waals surface area (Å²) in [5.41, 5.74) is 1.55. The van der Waals surface area contributed by atoms with Gasteiger partial charge in [-0.2, -0.15) is 0 Å². The lowest BCUT2D eigenvalue weighted by molar-refractivity contribution is -0.137. The smallest absolute Gasteiger partial charge is 0.303 e. The molecule has 0 aliphatic heterocycles. The van der Waals surface area contributed by atoms with Crippen LogP contribution in [-0.4, -0.2) is 23.5 Å². The first-order valence-corrected chi connectivity index (χ1v) is 8.01. The third-order valence-corrected chi connectivity index (χ3v) is 3.64. The molecule has 4 nitrogen and oxygen atoms in total. The predicted molar refractivity (Wildman–Crippen MR) is 84.0 cm³/mol. The average molecular weight is 293 g/mol. The first kappa shape index (κ1) is 17.5. The van der Waals surface area contributed by atoms with Gasteiger partial charge in [-0.25, -0.2) is 0 Å². The number of rotatable bonds is 11. The number of aliphatic carboxylic acids is 1. The molecule has 0 fully saturated rings. The second-order valence-corrected chi connectivity index (χ2v) is 5.55. The lowest BCUT2D eigenvalue weighted by Crippen LogP contribution is -2.24. The summed E-state index contributed by atoms with van der Waals surface area (Å²) in [7, 11) is 0. The van der Waals surface area contributed by atoms with Crippen molar-refractivity contribution in [1.29, 1.82) is 0 Å². The maximum atomic E-state index is 11.5. The molecule has 0 heterocycles. The Kier molecular flexibility index (Phi) is 9.25. The highest BCUT2D eigenvalue weighted by Gasteiger charge is 2.03. The van der Waals surface area contributed by atoms with Gasteiger partial charge in [-0.1, -0.05) is 36.6 Å². The van der Waals surface area contributed by atoms with Gasteiger partial charge in [0.25, 0.3) is 0 Å². The van der Waals surface area contributed by atoms with Crippen LogP contribution in [0.3, 0.4) is 0 Å². The standard InChI is InChI=1S/C17H27NO3/c19-16(18-14-8-13-17(20)21)12-7-2-1-4-9-15-10-5-3-6-11-15/h3,5,10H,1-2,4,6-9,11-14H2,(H,18,19)(H,20,21). The average Bonchev–Trinajstić information content (AvgIpc) is 2.48. The molecule has 0 aromatic carbocycles. The maximum Gasteiger partial charge on any atom is 0.303 e. The maximum absolute atomic E-state index is 11.5. The fourth-order valence-corrected chi connectivity index (χ4v) is 2.41. The van der Waals surface area contributed by atoms with Gasteiger partial charge in [0, 0.05) is 19.4 Å². The molecule has 0 radical (unpaired) electrons. The van der Waals surface area contributed by atoms with Crippen LogP contribution in [0.1, 0.15) is 64.2 Å². The Hall–Kier alpha value is -1.58. The van der Waals surface area contributed by atoms with Crippen LogP contribution in [0.25, 0.3) is 0 Å². The van der Waals surface area contributed by atoms with Gasteiger partial charge < -0.3 is 10.4 Å². The minimum Gasteiger partial charge on any atom is -0.481 e. The zero-order valence-electron chi connectivity index (χ0n) is 12.8. The van der Waals surface area contributed by atoms with E-state index in [9.17, 15) is 9.59 Å². The minimum absolute atomic E-state index is 0.0421. The van der Waals surface area contributed by atoms with E-state index in [2.05, 4.69) is 23.5 Å². The summed E-state index contributed by atoms with van der Waals surface area (Å²) in [6.45, 7) is 0.465. The molecule has 0 saturated heterocycles. The van der Waals surface area contributed by atoms with Gasteiger partial charge in [0.05, 0.1) is 0 Å². The fraction of sp³-hybridized carbons (Fsp3) is 0.647. The van der Waals surface area contributed by atoms with Crippen LogP contribution in [0.2, 0.25) is 0 Å². The Balaban J connectivity index is 1.89. The molecule has 0 atom stereocenters. The van der Waals surface area contributed by atoms with E-state index in [1.54, 1.807) is 5.57 Å². The number of allylic oxidation sites excluding steroid dienone is 4. The van der Waals surface area contributed by atoms with Crippen molar-refractivity contribution in [1.82, 2.24) is 5.32 Å². The number of carbonyl (C=O) groups excluding carboxylic acids is 1. The van der Waals surface area contributed by atoms with Crippen molar-refractivity contribution >= 4 is 11.9 Å². The van der Waals surface area contributed by atoms with Gasteiger partial charge in [0.1, 0.15) is 0 Å². The van der Waals surface area contributed by atoms with Gasteiger partial charge in [0.15, 0.2) is 0 Å². The molecule has 21 heavy (non-hydrogen) atoms. The summed E-state index contributed by atoms with van der Waals surface area (Å²) in [5, 5.41) is 11.2. The molecule has 0 spiro atoms. The van der Waals surface area contributed by atoms with Crippen molar-refractivity contribution in [2.45, 2.75) is 64.2 Å². The van der Waals surface area contributed by atoms with Crippen LogP contribution < -0.4 is 5.32 Å². The molecule has 1 rings (SSSR count). The molecule has 118 valence electrons. The molecule has 0 bridgehead atoms. The van der Waals surface area contributed by atoms with E-state index in [1.165, 1.54) is 32.1 Å². The van der Waals surface area contributed by atoms with Crippen LogP contribution in [0.15, 0.2) is 23.8 Å². The van der Waals surface area contributed by atoms with E-state index in [-0.39, 0.29) is 12.3 Å². The Bertz CT molecular complexity index is 385. The highest BCUT2D eigenvalue weighted by atomic mass is 16.4. The van der Waals surface area contributed by atoms with Crippen molar-refractivity contribution in [3.63, 3.8) is 0 Å². The second kappa shape index (κ2) is 11.1. The fourth-order valence-electron chi connectivity index (χ4n) is 2.41. The molecule has 0 saturated carbocycles. The van der Waals surface area contributed by atoms with Gasteiger partial charge >= 0.3 is 5.97 Å². The van der Waals surface area contributed by atoms with E-state index in [0.29, 0.717) is 19.4 Å². The summed E-state index contributed by atoms with van der Waals surface area (Å²) in [4.78, 5) is 21.8. The van der Waals surface area contributed by atoms with Crippen LogP contribution >= 0.6 is 0 Å². The van der Waals surface area contributed by atoms with Crippen molar-refractivity contribution < 1.29 is 14.7 Å². The topological polar surface area (TPSA) is 66.4 Å². The highest BCUT2D eigenvalue weighted by Crippen LogP contribution is 2.18. The Morgan fingerprint density at radius 3 is 2.62 bits per heavy atom. The molecule has 0 aromatic heterocycles. The Morgan fingerprint density at radius 2 is 1.90 bits per heavy atom. The zero-order valence-corrected chi connectivity index (χ0v) is 12.8. The first-order valence-electron chi connectivity index (χ1n) is 8.01. The zero-order chi connectivity index (χ0) is 15.3. The molecule has 1 aliphatic rings. The van der Waals surface area contributed by atoms with Gasteiger partial charge in [-0.05, 0) is 38.5 Å². The largest absolute Gasteiger partial charge is 0.481 e.